The van der Waals surface area contributed by atoms with Gasteiger partial charge in [-0.15, -0.1) is 0 Å². The average Bonchev–Trinajstić information content (AvgIpc) is 2.93. The van der Waals surface area contributed by atoms with E-state index in [-0.39, 0.29) is 6.04 Å². The largest absolute Gasteiger partial charge is 0.376 e. The summed E-state index contributed by atoms with van der Waals surface area (Å²) in [6.45, 7) is 2.81. The second kappa shape index (κ2) is 6.64. The first-order valence-corrected chi connectivity index (χ1v) is 7.37. The fraction of sp³-hybridized carbons (Fsp3) is 0.625. The van der Waals surface area contributed by atoms with Gasteiger partial charge in [-0.3, -0.25) is 0 Å². The van der Waals surface area contributed by atoms with Gasteiger partial charge >= 0.3 is 0 Å². The van der Waals surface area contributed by atoms with Crippen LogP contribution in [0.2, 0.25) is 0 Å². The van der Waals surface area contributed by atoms with Crippen molar-refractivity contribution in [2.24, 2.45) is 0 Å². The Labute approximate surface area is 119 Å². The van der Waals surface area contributed by atoms with Crippen molar-refractivity contribution in [3.63, 3.8) is 0 Å². The van der Waals surface area contributed by atoms with E-state index >= 15 is 0 Å². The summed E-state index contributed by atoms with van der Waals surface area (Å²) in [5, 5.41) is 3.36. The van der Waals surface area contributed by atoms with Gasteiger partial charge in [0.1, 0.15) is 0 Å². The molecule has 1 N–H and O–H groups in total. The monoisotopic (exact) mass is 283 g/mol. The van der Waals surface area contributed by atoms with E-state index in [1.54, 1.807) is 19.2 Å². The molecule has 20 heavy (non-hydrogen) atoms. The van der Waals surface area contributed by atoms with Crippen LogP contribution in [0.25, 0.3) is 0 Å². The molecule has 0 heterocycles. The Bertz CT molecular complexity index is 444. The van der Waals surface area contributed by atoms with E-state index in [0.29, 0.717) is 5.56 Å². The summed E-state index contributed by atoms with van der Waals surface area (Å²) in [7, 11) is 1.67. The summed E-state index contributed by atoms with van der Waals surface area (Å²) in [6.07, 6.45) is 4.82. The zero-order chi connectivity index (χ0) is 14.6. The van der Waals surface area contributed by atoms with Crippen molar-refractivity contribution in [3.05, 3.63) is 35.4 Å². The molecule has 1 aromatic rings. The number of nitrogens with one attached hydrogen (secondary N) is 1. The minimum Gasteiger partial charge on any atom is -0.376 e. The predicted molar refractivity (Wildman–Crippen MR) is 75.6 cm³/mol. The standard InChI is InChI=1S/C16H23F2NO/c1-3-11-19-15(16(20-2)9-4-5-10-16)12-7-6-8-13(17)14(12)18/h6-8,15,19H,3-5,9-11H2,1-2H3. The van der Waals surface area contributed by atoms with Gasteiger partial charge in [-0.05, 0) is 31.9 Å². The Morgan fingerprint density at radius 2 is 2.00 bits per heavy atom. The molecular weight excluding hydrogens is 260 g/mol. The maximum atomic E-state index is 14.2. The molecule has 4 heteroatoms. The lowest BCUT2D eigenvalue weighted by molar-refractivity contribution is -0.0377. The van der Waals surface area contributed by atoms with Gasteiger partial charge in [0.2, 0.25) is 0 Å². The molecule has 1 aliphatic carbocycles. The zero-order valence-corrected chi connectivity index (χ0v) is 12.2. The molecule has 0 aliphatic heterocycles. The van der Waals surface area contributed by atoms with Crippen LogP contribution in [0.1, 0.15) is 50.6 Å². The summed E-state index contributed by atoms with van der Waals surface area (Å²) in [6, 6.07) is 4.08. The highest BCUT2D eigenvalue weighted by atomic mass is 19.2. The number of methoxy groups -OCH3 is 1. The summed E-state index contributed by atoms with van der Waals surface area (Å²) < 4.78 is 33.5. The van der Waals surface area contributed by atoms with E-state index in [4.69, 9.17) is 4.74 Å². The smallest absolute Gasteiger partial charge is 0.163 e. The van der Waals surface area contributed by atoms with Gasteiger partial charge < -0.3 is 10.1 Å². The Hall–Kier alpha value is -1.00. The Kier molecular flexibility index (Phi) is 5.11. The van der Waals surface area contributed by atoms with Crippen LogP contribution in [0, 0.1) is 11.6 Å². The molecule has 1 fully saturated rings. The van der Waals surface area contributed by atoms with Gasteiger partial charge in [0.25, 0.3) is 0 Å². The summed E-state index contributed by atoms with van der Waals surface area (Å²) in [5.41, 5.74) is -0.0497. The van der Waals surface area contributed by atoms with E-state index < -0.39 is 17.2 Å². The molecule has 1 atom stereocenters. The minimum atomic E-state index is -0.796. The molecular formula is C16H23F2NO. The van der Waals surface area contributed by atoms with Crippen LogP contribution in [-0.2, 0) is 4.74 Å². The van der Waals surface area contributed by atoms with Gasteiger partial charge in [0.15, 0.2) is 11.6 Å². The number of halogens is 2. The lowest BCUT2D eigenvalue weighted by Crippen LogP contribution is -2.44. The molecule has 1 aromatic carbocycles. The topological polar surface area (TPSA) is 21.3 Å². The SMILES string of the molecule is CCCNC(c1cccc(F)c1F)C1(OC)CCCC1. The van der Waals surface area contributed by atoms with Crippen molar-refractivity contribution in [3.8, 4) is 0 Å². The van der Waals surface area contributed by atoms with Crippen LogP contribution in [0.5, 0.6) is 0 Å². The normalized spacial score (nSPS) is 19.2. The van der Waals surface area contributed by atoms with Crippen LogP contribution >= 0.6 is 0 Å². The summed E-state index contributed by atoms with van der Waals surface area (Å²) in [5.74, 6) is -1.56. The molecule has 0 bridgehead atoms. The van der Waals surface area contributed by atoms with Crippen molar-refractivity contribution in [2.75, 3.05) is 13.7 Å². The molecule has 2 rings (SSSR count). The Balaban J connectivity index is 2.38. The Morgan fingerprint density at radius 3 is 2.60 bits per heavy atom. The van der Waals surface area contributed by atoms with Crippen LogP contribution in [0.3, 0.4) is 0 Å². The maximum Gasteiger partial charge on any atom is 0.163 e. The van der Waals surface area contributed by atoms with Gasteiger partial charge in [0.05, 0.1) is 11.6 Å². The second-order valence-corrected chi connectivity index (χ2v) is 5.51. The quantitative estimate of drug-likeness (QED) is 0.853. The van der Waals surface area contributed by atoms with Crippen molar-refractivity contribution in [2.45, 2.75) is 50.7 Å². The number of benzene rings is 1. The summed E-state index contributed by atoms with van der Waals surface area (Å²) in [4.78, 5) is 0. The summed E-state index contributed by atoms with van der Waals surface area (Å²) >= 11 is 0. The fourth-order valence-electron chi connectivity index (χ4n) is 3.20. The first-order chi connectivity index (χ1) is 9.64. The van der Waals surface area contributed by atoms with Crippen molar-refractivity contribution < 1.29 is 13.5 Å². The van der Waals surface area contributed by atoms with E-state index in [9.17, 15) is 8.78 Å². The molecule has 0 radical (unpaired) electrons. The zero-order valence-electron chi connectivity index (χ0n) is 12.2. The average molecular weight is 283 g/mol. The highest BCUT2D eigenvalue weighted by molar-refractivity contribution is 5.26. The maximum absolute atomic E-state index is 14.2. The first-order valence-electron chi connectivity index (χ1n) is 7.37. The molecule has 0 spiro atoms. The Morgan fingerprint density at radius 1 is 1.30 bits per heavy atom. The number of hydrogen-bond donors (Lipinski definition) is 1. The molecule has 0 aromatic heterocycles. The highest BCUT2D eigenvalue weighted by Gasteiger charge is 2.43. The minimum absolute atomic E-state index is 0.300. The molecule has 0 amide bonds. The van der Waals surface area contributed by atoms with Gasteiger partial charge in [-0.1, -0.05) is 31.9 Å². The van der Waals surface area contributed by atoms with Gasteiger partial charge in [-0.25, -0.2) is 8.78 Å². The third kappa shape index (κ3) is 2.86. The van der Waals surface area contributed by atoms with Crippen molar-refractivity contribution in [1.82, 2.24) is 5.32 Å². The van der Waals surface area contributed by atoms with Crippen LogP contribution in [-0.4, -0.2) is 19.3 Å². The van der Waals surface area contributed by atoms with Gasteiger partial charge in [0, 0.05) is 12.7 Å². The number of hydrogen-bond acceptors (Lipinski definition) is 2. The molecule has 2 nitrogen and oxygen atoms in total. The highest BCUT2D eigenvalue weighted by Crippen LogP contribution is 2.43. The predicted octanol–water partition coefficient (Wildman–Crippen LogP) is 3.96. The number of ether oxygens (including phenoxy) is 1. The fourth-order valence-corrected chi connectivity index (χ4v) is 3.20. The third-order valence-electron chi connectivity index (χ3n) is 4.27. The van der Waals surface area contributed by atoms with Crippen LogP contribution in [0.4, 0.5) is 8.78 Å². The van der Waals surface area contributed by atoms with Crippen molar-refractivity contribution >= 4 is 0 Å². The molecule has 1 aliphatic rings. The van der Waals surface area contributed by atoms with Gasteiger partial charge in [-0.2, -0.15) is 0 Å². The molecule has 112 valence electrons. The van der Waals surface area contributed by atoms with Crippen molar-refractivity contribution in [1.29, 1.82) is 0 Å². The van der Waals surface area contributed by atoms with E-state index in [1.165, 1.54) is 0 Å². The lowest BCUT2D eigenvalue weighted by Gasteiger charge is -2.37. The second-order valence-electron chi connectivity index (χ2n) is 5.51. The van der Waals surface area contributed by atoms with Crippen LogP contribution < -0.4 is 5.32 Å². The van der Waals surface area contributed by atoms with E-state index in [1.807, 2.05) is 0 Å². The van der Waals surface area contributed by atoms with E-state index in [2.05, 4.69) is 12.2 Å². The first kappa shape index (κ1) is 15.4. The van der Waals surface area contributed by atoms with E-state index in [0.717, 1.165) is 44.7 Å². The third-order valence-corrected chi connectivity index (χ3v) is 4.27. The van der Waals surface area contributed by atoms with Crippen LogP contribution in [0.15, 0.2) is 18.2 Å². The molecule has 0 saturated heterocycles. The number of rotatable bonds is 6. The molecule has 1 saturated carbocycles. The molecule has 1 unspecified atom stereocenters. The lowest BCUT2D eigenvalue weighted by atomic mass is 9.86.